The van der Waals surface area contributed by atoms with E-state index < -0.39 is 9.84 Å². The van der Waals surface area contributed by atoms with E-state index in [-0.39, 0.29) is 4.90 Å². The van der Waals surface area contributed by atoms with Crippen LogP contribution in [0.4, 0.5) is 11.4 Å². The highest BCUT2D eigenvalue weighted by Gasteiger charge is 2.36. The van der Waals surface area contributed by atoms with Crippen molar-refractivity contribution in [3.63, 3.8) is 0 Å². The van der Waals surface area contributed by atoms with Gasteiger partial charge in [0.2, 0.25) is 0 Å². The van der Waals surface area contributed by atoms with Gasteiger partial charge in [0.05, 0.1) is 16.3 Å². The van der Waals surface area contributed by atoms with Crippen LogP contribution >= 0.6 is 0 Å². The highest BCUT2D eigenvalue weighted by atomic mass is 32.2. The third-order valence-electron chi connectivity index (χ3n) is 3.26. The predicted octanol–water partition coefficient (Wildman–Crippen LogP) is 1.88. The molecule has 0 unspecified atom stereocenters. The molecular weight excluding hydrogens is 236 g/mol. The molecule has 5 heteroatoms. The standard InChI is InChI=1S/C12H18N2O2S/c1-12(5-6-12)8-14-11-4-3-9(7-10(11)13)17(2,15)16/h3-4,7,14H,5-6,8,13H2,1-2H3. The lowest BCUT2D eigenvalue weighted by Gasteiger charge is -2.13. The van der Waals surface area contributed by atoms with Crippen molar-refractivity contribution in [3.8, 4) is 0 Å². The molecule has 0 spiro atoms. The summed E-state index contributed by atoms with van der Waals surface area (Å²) < 4.78 is 22.7. The molecule has 4 nitrogen and oxygen atoms in total. The van der Waals surface area contributed by atoms with Gasteiger partial charge in [0.1, 0.15) is 0 Å². The maximum Gasteiger partial charge on any atom is 0.175 e. The summed E-state index contributed by atoms with van der Waals surface area (Å²) in [6, 6.07) is 4.83. The zero-order valence-corrected chi connectivity index (χ0v) is 11.0. The molecule has 17 heavy (non-hydrogen) atoms. The summed E-state index contributed by atoms with van der Waals surface area (Å²) in [5.41, 5.74) is 7.53. The van der Waals surface area contributed by atoms with Crippen molar-refractivity contribution < 1.29 is 8.42 Å². The minimum atomic E-state index is -3.18. The van der Waals surface area contributed by atoms with Crippen LogP contribution in [0.1, 0.15) is 19.8 Å². The Kier molecular flexibility index (Phi) is 2.81. The van der Waals surface area contributed by atoms with E-state index in [1.54, 1.807) is 12.1 Å². The second-order valence-electron chi connectivity index (χ2n) is 5.19. The van der Waals surface area contributed by atoms with E-state index in [1.807, 2.05) is 0 Å². The summed E-state index contributed by atoms with van der Waals surface area (Å²) in [6.45, 7) is 3.11. The van der Waals surface area contributed by atoms with E-state index in [4.69, 9.17) is 5.73 Å². The van der Waals surface area contributed by atoms with Crippen LogP contribution in [-0.4, -0.2) is 21.2 Å². The van der Waals surface area contributed by atoms with E-state index in [1.165, 1.54) is 25.2 Å². The number of nitrogens with one attached hydrogen (secondary N) is 1. The first-order valence-corrected chi connectivity index (χ1v) is 7.53. The molecule has 1 aliphatic rings. The van der Waals surface area contributed by atoms with Crippen molar-refractivity contribution in [3.05, 3.63) is 18.2 Å². The number of hydrogen-bond acceptors (Lipinski definition) is 4. The van der Waals surface area contributed by atoms with Crippen LogP contribution in [0.3, 0.4) is 0 Å². The lowest BCUT2D eigenvalue weighted by Crippen LogP contribution is -2.13. The largest absolute Gasteiger partial charge is 0.397 e. The fourth-order valence-corrected chi connectivity index (χ4v) is 2.29. The van der Waals surface area contributed by atoms with Gasteiger partial charge in [0.25, 0.3) is 0 Å². The molecule has 0 aromatic heterocycles. The van der Waals surface area contributed by atoms with Crippen molar-refractivity contribution in [1.29, 1.82) is 0 Å². The number of nitrogen functional groups attached to an aromatic ring is 1. The average molecular weight is 254 g/mol. The maximum atomic E-state index is 11.3. The van der Waals surface area contributed by atoms with Crippen LogP contribution in [0.2, 0.25) is 0 Å². The SMILES string of the molecule is CC1(CNc2ccc(S(C)(=O)=O)cc2N)CC1. The number of hydrogen-bond donors (Lipinski definition) is 2. The molecule has 0 heterocycles. The van der Waals surface area contributed by atoms with Gasteiger partial charge in [0, 0.05) is 12.8 Å². The van der Waals surface area contributed by atoms with Crippen LogP contribution in [-0.2, 0) is 9.84 Å². The number of benzene rings is 1. The Morgan fingerprint density at radius 2 is 2.06 bits per heavy atom. The average Bonchev–Trinajstić information content (AvgIpc) is 2.94. The molecule has 0 aliphatic heterocycles. The van der Waals surface area contributed by atoms with E-state index in [0.717, 1.165) is 12.2 Å². The second-order valence-corrected chi connectivity index (χ2v) is 7.20. The zero-order valence-electron chi connectivity index (χ0n) is 10.2. The summed E-state index contributed by atoms with van der Waals surface area (Å²) in [4.78, 5) is 0.262. The molecule has 0 saturated heterocycles. The van der Waals surface area contributed by atoms with Crippen LogP contribution in [0.25, 0.3) is 0 Å². The quantitative estimate of drug-likeness (QED) is 0.805. The van der Waals surface area contributed by atoms with Crippen molar-refractivity contribution in [2.45, 2.75) is 24.7 Å². The molecule has 0 atom stereocenters. The van der Waals surface area contributed by atoms with E-state index in [9.17, 15) is 8.42 Å². The van der Waals surface area contributed by atoms with Crippen LogP contribution in [0.5, 0.6) is 0 Å². The van der Waals surface area contributed by atoms with Gasteiger partial charge >= 0.3 is 0 Å². The number of rotatable bonds is 4. The first kappa shape index (κ1) is 12.2. The van der Waals surface area contributed by atoms with Crippen LogP contribution in [0.15, 0.2) is 23.1 Å². The number of sulfone groups is 1. The Morgan fingerprint density at radius 3 is 2.53 bits per heavy atom. The van der Waals surface area contributed by atoms with E-state index >= 15 is 0 Å². The van der Waals surface area contributed by atoms with Gasteiger partial charge in [-0.25, -0.2) is 8.42 Å². The van der Waals surface area contributed by atoms with Crippen LogP contribution < -0.4 is 11.1 Å². The molecule has 1 fully saturated rings. The van der Waals surface area contributed by atoms with Crippen molar-refractivity contribution >= 4 is 21.2 Å². The number of nitrogens with two attached hydrogens (primary N) is 1. The normalized spacial score (nSPS) is 17.8. The zero-order chi connectivity index (χ0) is 12.7. The fraction of sp³-hybridized carbons (Fsp3) is 0.500. The summed E-state index contributed by atoms with van der Waals surface area (Å²) >= 11 is 0. The number of anilines is 2. The molecule has 0 radical (unpaired) electrons. The third kappa shape index (κ3) is 2.91. The molecule has 0 bridgehead atoms. The smallest absolute Gasteiger partial charge is 0.175 e. The molecule has 1 saturated carbocycles. The van der Waals surface area contributed by atoms with Crippen molar-refractivity contribution in [2.75, 3.05) is 23.9 Å². The molecule has 94 valence electrons. The lowest BCUT2D eigenvalue weighted by molar-refractivity contribution is 0.601. The van der Waals surface area contributed by atoms with Gasteiger partial charge in [-0.15, -0.1) is 0 Å². The minimum absolute atomic E-state index is 0.262. The van der Waals surface area contributed by atoms with E-state index in [0.29, 0.717) is 11.1 Å². The highest BCUT2D eigenvalue weighted by Crippen LogP contribution is 2.45. The van der Waals surface area contributed by atoms with Gasteiger partial charge < -0.3 is 11.1 Å². The first-order valence-electron chi connectivity index (χ1n) is 5.64. The Labute approximate surface area is 102 Å². The molecule has 3 N–H and O–H groups in total. The van der Waals surface area contributed by atoms with Crippen molar-refractivity contribution in [2.24, 2.45) is 5.41 Å². The molecule has 1 aliphatic carbocycles. The Bertz CT molecular complexity index is 533. The Morgan fingerprint density at radius 1 is 1.41 bits per heavy atom. The minimum Gasteiger partial charge on any atom is -0.397 e. The second kappa shape index (κ2) is 3.91. The molecule has 2 rings (SSSR count). The summed E-state index contributed by atoms with van der Waals surface area (Å²) in [6.07, 6.45) is 3.66. The van der Waals surface area contributed by atoms with E-state index in [2.05, 4.69) is 12.2 Å². The van der Waals surface area contributed by atoms with Gasteiger partial charge in [-0.3, -0.25) is 0 Å². The topological polar surface area (TPSA) is 72.2 Å². The molecule has 1 aromatic rings. The molecule has 0 amide bonds. The maximum absolute atomic E-state index is 11.3. The summed E-state index contributed by atoms with van der Waals surface area (Å²) in [5.74, 6) is 0. The van der Waals surface area contributed by atoms with Gasteiger partial charge in [-0.05, 0) is 36.5 Å². The van der Waals surface area contributed by atoms with Crippen LogP contribution in [0, 0.1) is 5.41 Å². The Hall–Kier alpha value is -1.23. The van der Waals surface area contributed by atoms with Gasteiger partial charge in [-0.2, -0.15) is 0 Å². The monoisotopic (exact) mass is 254 g/mol. The first-order chi connectivity index (χ1) is 7.80. The summed E-state index contributed by atoms with van der Waals surface area (Å²) in [7, 11) is -3.18. The molecular formula is C12H18N2O2S. The Balaban J connectivity index is 2.14. The van der Waals surface area contributed by atoms with Crippen molar-refractivity contribution in [1.82, 2.24) is 0 Å². The summed E-state index contributed by atoms with van der Waals surface area (Å²) in [5, 5.41) is 3.27. The van der Waals surface area contributed by atoms with Gasteiger partial charge in [-0.1, -0.05) is 6.92 Å². The third-order valence-corrected chi connectivity index (χ3v) is 4.37. The lowest BCUT2D eigenvalue weighted by atomic mass is 10.1. The highest BCUT2D eigenvalue weighted by molar-refractivity contribution is 7.90. The predicted molar refractivity (Wildman–Crippen MR) is 69.8 cm³/mol. The van der Waals surface area contributed by atoms with Gasteiger partial charge in [0.15, 0.2) is 9.84 Å². The fourth-order valence-electron chi connectivity index (χ4n) is 1.63. The molecule has 1 aromatic carbocycles.